The molecule has 1 atom stereocenters. The summed E-state index contributed by atoms with van der Waals surface area (Å²) in [6.45, 7) is 5.92. The lowest BCUT2D eigenvalue weighted by molar-refractivity contribution is -0.139. The van der Waals surface area contributed by atoms with E-state index >= 15 is 0 Å². The number of nitrogens with one attached hydrogen (secondary N) is 1. The third kappa shape index (κ3) is 5.26. The lowest BCUT2D eigenvalue weighted by Crippen LogP contribution is -2.41. The van der Waals surface area contributed by atoms with E-state index in [1.807, 2.05) is 0 Å². The van der Waals surface area contributed by atoms with Crippen molar-refractivity contribution in [1.29, 1.82) is 0 Å². The zero-order chi connectivity index (χ0) is 19.9. The van der Waals surface area contributed by atoms with E-state index in [0.29, 0.717) is 18.7 Å². The number of amides is 1. The van der Waals surface area contributed by atoms with Crippen LogP contribution in [0.15, 0.2) is 23.1 Å². The summed E-state index contributed by atoms with van der Waals surface area (Å²) in [7, 11) is -2.28. The lowest BCUT2D eigenvalue weighted by Gasteiger charge is -2.20. The third-order valence-corrected chi connectivity index (χ3v) is 6.06. The molecule has 0 aliphatic heterocycles. The van der Waals surface area contributed by atoms with Crippen molar-refractivity contribution in [3.05, 3.63) is 29.3 Å². The van der Waals surface area contributed by atoms with Crippen molar-refractivity contribution in [2.24, 2.45) is 0 Å². The molecule has 0 saturated carbocycles. The van der Waals surface area contributed by atoms with E-state index in [1.54, 1.807) is 20.8 Å². The molecule has 0 aliphatic carbocycles. The molecule has 1 aromatic rings. The number of sulfonamides is 1. The monoisotopic (exact) mass is 386 g/mol. The number of carboxylic acid groups (broad SMARTS) is 1. The van der Waals surface area contributed by atoms with Crippen LogP contribution in [0.25, 0.3) is 0 Å². The number of carbonyl (C=O) groups is 2. The van der Waals surface area contributed by atoms with Gasteiger partial charge in [0.15, 0.2) is 0 Å². The van der Waals surface area contributed by atoms with Crippen LogP contribution in [0.1, 0.15) is 36.2 Å². The summed E-state index contributed by atoms with van der Waals surface area (Å²) in [5, 5.41) is 11.6. The molecule has 0 heterocycles. The Morgan fingerprint density at radius 3 is 2.38 bits per heavy atom. The van der Waals surface area contributed by atoms with Crippen LogP contribution in [0.3, 0.4) is 0 Å². The van der Waals surface area contributed by atoms with E-state index in [0.717, 1.165) is 0 Å². The molecule has 26 heavy (non-hydrogen) atoms. The molecule has 146 valence electrons. The van der Waals surface area contributed by atoms with Gasteiger partial charge in [-0.1, -0.05) is 19.9 Å². The van der Waals surface area contributed by atoms with Crippen LogP contribution in [0.5, 0.6) is 0 Å². The molecule has 8 nitrogen and oxygen atoms in total. The molecule has 1 unspecified atom stereocenters. The predicted octanol–water partition coefficient (Wildman–Crippen LogP) is 1.25. The van der Waals surface area contributed by atoms with Crippen LogP contribution in [0.2, 0.25) is 0 Å². The highest BCUT2D eigenvalue weighted by molar-refractivity contribution is 7.89. The largest absolute Gasteiger partial charge is 0.480 e. The van der Waals surface area contributed by atoms with Gasteiger partial charge in [0.25, 0.3) is 5.91 Å². The summed E-state index contributed by atoms with van der Waals surface area (Å²) in [4.78, 5) is 23.8. The first-order valence-electron chi connectivity index (χ1n) is 8.32. The number of ether oxygens (including phenoxy) is 1. The minimum atomic E-state index is -3.72. The number of hydrogen-bond donors (Lipinski definition) is 2. The lowest BCUT2D eigenvalue weighted by atomic mass is 10.1. The maximum absolute atomic E-state index is 12.6. The number of hydrogen-bond acceptors (Lipinski definition) is 5. The van der Waals surface area contributed by atoms with Gasteiger partial charge >= 0.3 is 5.97 Å². The van der Waals surface area contributed by atoms with Crippen LogP contribution in [-0.4, -0.2) is 62.6 Å². The minimum Gasteiger partial charge on any atom is -0.480 e. The molecule has 1 rings (SSSR count). The third-order valence-electron chi connectivity index (χ3n) is 4.01. The second kappa shape index (κ2) is 9.65. The molecule has 0 spiro atoms. The van der Waals surface area contributed by atoms with Crippen LogP contribution in [0.4, 0.5) is 0 Å². The Hall–Kier alpha value is -1.97. The SMILES string of the molecule is CCN(CC)S(=O)(=O)c1ccc(C)c(C(=O)NC(CCOC)C(=O)O)c1. The summed E-state index contributed by atoms with van der Waals surface area (Å²) < 4.78 is 31.4. The molecule has 0 fully saturated rings. The maximum Gasteiger partial charge on any atom is 0.326 e. The van der Waals surface area contributed by atoms with Gasteiger partial charge in [0.2, 0.25) is 10.0 Å². The zero-order valence-electron chi connectivity index (χ0n) is 15.5. The normalized spacial score (nSPS) is 12.8. The van der Waals surface area contributed by atoms with Crippen LogP contribution >= 0.6 is 0 Å². The second-order valence-electron chi connectivity index (χ2n) is 5.71. The Labute approximate surface area is 154 Å². The van der Waals surface area contributed by atoms with Gasteiger partial charge < -0.3 is 15.2 Å². The topological polar surface area (TPSA) is 113 Å². The van der Waals surface area contributed by atoms with Gasteiger partial charge in [0.05, 0.1) is 4.90 Å². The Balaban J connectivity index is 3.17. The van der Waals surface area contributed by atoms with Crippen molar-refractivity contribution in [2.45, 2.75) is 38.1 Å². The first-order chi connectivity index (χ1) is 12.2. The number of nitrogens with zero attached hydrogens (tertiary/aromatic N) is 1. The Kier molecular flexibility index (Phi) is 8.19. The molecule has 0 bridgehead atoms. The summed E-state index contributed by atoms with van der Waals surface area (Å²) >= 11 is 0. The van der Waals surface area contributed by atoms with Gasteiger partial charge in [-0.2, -0.15) is 4.31 Å². The van der Waals surface area contributed by atoms with Gasteiger partial charge in [0.1, 0.15) is 6.04 Å². The number of benzene rings is 1. The number of aliphatic carboxylic acids is 1. The van der Waals surface area contributed by atoms with E-state index in [4.69, 9.17) is 4.74 Å². The molecular weight excluding hydrogens is 360 g/mol. The average Bonchev–Trinajstić information content (AvgIpc) is 2.59. The quantitative estimate of drug-likeness (QED) is 0.626. The number of methoxy groups -OCH3 is 1. The van der Waals surface area contributed by atoms with E-state index in [-0.39, 0.29) is 23.5 Å². The Morgan fingerprint density at radius 1 is 1.27 bits per heavy atom. The number of rotatable bonds is 10. The molecule has 2 N–H and O–H groups in total. The summed E-state index contributed by atoms with van der Waals surface area (Å²) in [5.74, 6) is -1.82. The standard InChI is InChI=1S/C17H26N2O6S/c1-5-19(6-2)26(23,24)13-8-7-12(3)14(11-13)16(20)18-15(17(21)22)9-10-25-4/h7-8,11,15H,5-6,9-10H2,1-4H3,(H,18,20)(H,21,22). The van der Waals surface area contributed by atoms with Gasteiger partial charge in [-0.25, -0.2) is 13.2 Å². The van der Waals surface area contributed by atoms with Crippen LogP contribution < -0.4 is 5.32 Å². The van der Waals surface area contributed by atoms with Crippen molar-refractivity contribution in [3.63, 3.8) is 0 Å². The summed E-state index contributed by atoms with van der Waals surface area (Å²) in [6, 6.07) is 3.15. The Bertz CT molecular complexity index is 744. The van der Waals surface area contributed by atoms with Gasteiger partial charge in [-0.15, -0.1) is 0 Å². The van der Waals surface area contributed by atoms with Crippen LogP contribution in [0, 0.1) is 6.92 Å². The van der Waals surface area contributed by atoms with Crippen molar-refractivity contribution >= 4 is 21.9 Å². The smallest absolute Gasteiger partial charge is 0.326 e. The van der Waals surface area contributed by atoms with Crippen molar-refractivity contribution in [3.8, 4) is 0 Å². The molecule has 0 radical (unpaired) electrons. The van der Waals surface area contributed by atoms with E-state index in [1.165, 1.54) is 29.6 Å². The van der Waals surface area contributed by atoms with E-state index < -0.39 is 27.9 Å². The fourth-order valence-electron chi connectivity index (χ4n) is 2.45. The van der Waals surface area contributed by atoms with E-state index in [9.17, 15) is 23.1 Å². The molecule has 1 aromatic carbocycles. The highest BCUT2D eigenvalue weighted by Crippen LogP contribution is 2.20. The summed E-state index contributed by atoms with van der Waals surface area (Å²) in [6.07, 6.45) is 0.105. The molecule has 1 amide bonds. The predicted molar refractivity (Wildman–Crippen MR) is 96.7 cm³/mol. The van der Waals surface area contributed by atoms with Crippen molar-refractivity contribution in [1.82, 2.24) is 9.62 Å². The first-order valence-corrected chi connectivity index (χ1v) is 9.76. The molecule has 9 heteroatoms. The minimum absolute atomic E-state index is 0.000663. The maximum atomic E-state index is 12.6. The van der Waals surface area contributed by atoms with E-state index in [2.05, 4.69) is 5.32 Å². The van der Waals surface area contributed by atoms with Crippen molar-refractivity contribution < 1.29 is 27.9 Å². The molecule has 0 aliphatic rings. The average molecular weight is 386 g/mol. The highest BCUT2D eigenvalue weighted by Gasteiger charge is 2.25. The van der Waals surface area contributed by atoms with Crippen molar-refractivity contribution in [2.75, 3.05) is 26.8 Å². The molecule has 0 aromatic heterocycles. The van der Waals surface area contributed by atoms with Crippen LogP contribution in [-0.2, 0) is 19.6 Å². The first kappa shape index (κ1) is 22.1. The highest BCUT2D eigenvalue weighted by atomic mass is 32.2. The number of carbonyl (C=O) groups excluding carboxylic acids is 1. The number of aryl methyl sites for hydroxylation is 1. The second-order valence-corrected chi connectivity index (χ2v) is 7.65. The molecule has 0 saturated heterocycles. The molecular formula is C17H26N2O6S. The fraction of sp³-hybridized carbons (Fsp3) is 0.529. The van der Waals surface area contributed by atoms with Gasteiger partial charge in [0, 0.05) is 38.8 Å². The van der Waals surface area contributed by atoms with Gasteiger partial charge in [-0.3, -0.25) is 4.79 Å². The Morgan fingerprint density at radius 2 is 1.88 bits per heavy atom. The zero-order valence-corrected chi connectivity index (χ0v) is 16.3. The van der Waals surface area contributed by atoms with Gasteiger partial charge in [-0.05, 0) is 24.6 Å². The fourth-order valence-corrected chi connectivity index (χ4v) is 3.93. The summed E-state index contributed by atoms with van der Waals surface area (Å²) in [5.41, 5.74) is 0.679. The number of carboxylic acids is 1.